The third-order valence-electron chi connectivity index (χ3n) is 9.22. The van der Waals surface area contributed by atoms with Crippen molar-refractivity contribution in [3.63, 3.8) is 0 Å². The highest BCUT2D eigenvalue weighted by Gasteiger charge is 2.60. The largest absolute Gasteiger partial charge is 0.400 e. The van der Waals surface area contributed by atoms with E-state index in [0.717, 1.165) is 10.2 Å². The molecule has 2 unspecified atom stereocenters. The topological polar surface area (TPSA) is 32.3 Å². The van der Waals surface area contributed by atoms with Gasteiger partial charge in [-0.3, -0.25) is 0 Å². The zero-order valence-corrected chi connectivity index (χ0v) is 36.7. The molecule has 288 valence electrons. The molecule has 4 nitrogen and oxygen atoms in total. The molecule has 2 saturated heterocycles. The highest BCUT2D eigenvalue weighted by molar-refractivity contribution is 9.93. The molecule has 0 radical (unpaired) electrons. The number of anilines is 2. The molecule has 4 aromatic rings. The first kappa shape index (κ1) is 44.8. The summed E-state index contributed by atoms with van der Waals surface area (Å²) >= 11 is 44.6. The van der Waals surface area contributed by atoms with Gasteiger partial charge in [0.1, 0.15) is 22.5 Å². The molecule has 19 heteroatoms. The molecule has 2 aliphatic rings. The Morgan fingerprint density at radius 2 is 1.02 bits per heavy atom. The van der Waals surface area contributed by atoms with Crippen molar-refractivity contribution in [2.75, 3.05) is 36.0 Å². The van der Waals surface area contributed by atoms with Gasteiger partial charge in [0.05, 0.1) is 35.8 Å². The van der Waals surface area contributed by atoms with Crippen LogP contribution in [0.5, 0.6) is 0 Å². The number of aromatic nitrogens is 2. The van der Waals surface area contributed by atoms with Gasteiger partial charge in [-0.05, 0) is 102 Å². The van der Waals surface area contributed by atoms with Gasteiger partial charge in [-0.1, -0.05) is 75.7 Å². The van der Waals surface area contributed by atoms with Crippen LogP contribution in [-0.2, 0) is 10.8 Å². The van der Waals surface area contributed by atoms with E-state index < -0.39 is 23.2 Å². The summed E-state index contributed by atoms with van der Waals surface area (Å²) in [5, 5.41) is 0.150. The number of nitrogens with zero attached hydrogens (tertiary/aromatic N) is 4. The maximum atomic E-state index is 14.1. The number of halogens is 15. The number of hydrogen-bond donors (Lipinski definition) is 0. The Morgan fingerprint density at radius 1 is 0.623 bits per heavy atom. The molecule has 53 heavy (non-hydrogen) atoms. The van der Waals surface area contributed by atoms with Gasteiger partial charge in [0.25, 0.3) is 0 Å². The molecule has 0 N–H and O–H groups in total. The third kappa shape index (κ3) is 9.46. The Labute approximate surface area is 356 Å². The Balaban J connectivity index is 0.000000226. The van der Waals surface area contributed by atoms with Gasteiger partial charge in [0.15, 0.2) is 0 Å². The number of pyridine rings is 2. The van der Waals surface area contributed by atoms with Crippen LogP contribution in [-0.4, -0.2) is 48.5 Å². The fourth-order valence-electron chi connectivity index (χ4n) is 6.35. The average Bonchev–Trinajstić information content (AvgIpc) is 3.76. The number of aryl methyl sites for hydroxylation is 2. The molecule has 2 atom stereocenters. The monoisotopic (exact) mass is 1050 g/mol. The molecule has 0 aliphatic carbocycles. The van der Waals surface area contributed by atoms with Crippen LogP contribution in [0.3, 0.4) is 0 Å². The fourth-order valence-corrected chi connectivity index (χ4v) is 7.76. The molecular formula is C34H27Br3Cl6F6N4. The first-order chi connectivity index (χ1) is 24.7. The van der Waals surface area contributed by atoms with Crippen LogP contribution in [0.1, 0.15) is 35.4 Å². The molecule has 2 aromatic carbocycles. The highest BCUT2D eigenvalue weighted by Crippen LogP contribution is 2.52. The zero-order valence-electron chi connectivity index (χ0n) is 27.4. The quantitative estimate of drug-likeness (QED) is 0.151. The number of rotatable bonds is 4. The summed E-state index contributed by atoms with van der Waals surface area (Å²) in [4.78, 5) is 12.0. The predicted octanol–water partition coefficient (Wildman–Crippen LogP) is 14.6. The van der Waals surface area contributed by atoms with Crippen molar-refractivity contribution < 1.29 is 26.3 Å². The molecule has 0 bridgehead atoms. The van der Waals surface area contributed by atoms with Crippen molar-refractivity contribution in [2.45, 2.75) is 49.9 Å². The summed E-state index contributed by atoms with van der Waals surface area (Å²) in [6, 6.07) is 13.8. The summed E-state index contributed by atoms with van der Waals surface area (Å²) < 4.78 is 85.4. The molecule has 0 spiro atoms. The number of benzene rings is 2. The Kier molecular flexibility index (Phi) is 15.0. The lowest BCUT2D eigenvalue weighted by atomic mass is 9.79. The Hall–Kier alpha value is -0.900. The van der Waals surface area contributed by atoms with Crippen LogP contribution in [0, 0.1) is 13.8 Å². The van der Waals surface area contributed by atoms with E-state index in [1.54, 1.807) is 54.0 Å². The Morgan fingerprint density at radius 3 is 1.38 bits per heavy atom. The van der Waals surface area contributed by atoms with Crippen LogP contribution >= 0.6 is 114 Å². The van der Waals surface area contributed by atoms with E-state index in [0.29, 0.717) is 17.3 Å². The van der Waals surface area contributed by atoms with E-state index in [1.165, 1.54) is 24.3 Å². The molecule has 2 aliphatic heterocycles. The lowest BCUT2D eigenvalue weighted by Gasteiger charge is -2.33. The standard InChI is InChI=1S/C17H13BrCl3F3N2.C17H14Cl3F3N2.Br2/c1-9-11(18)2-3-14(25-9)26-5-4-16(8-26,17(22,23)24)10-6-12(19)15(21)13(20)7-10;1-10-3-2-4-14(24-10)25-6-5-16(9-25,17(21,22)23)11-7-12(18)15(20)13(19)8-11;1-2/h2-3,6-7H,4-5,8H2,1H3;2-4,7-8H,5-6,9H2,1H3;. The van der Waals surface area contributed by atoms with E-state index in [2.05, 4.69) is 54.2 Å². The van der Waals surface area contributed by atoms with Crippen LogP contribution in [0.2, 0.25) is 30.1 Å². The second-order valence-corrected chi connectivity index (χ2v) is 15.6. The highest BCUT2D eigenvalue weighted by atomic mass is 80.9. The van der Waals surface area contributed by atoms with E-state index >= 15 is 0 Å². The smallest absolute Gasteiger partial charge is 0.355 e. The average molecular weight is 1060 g/mol. The van der Waals surface area contributed by atoms with Crippen molar-refractivity contribution in [3.8, 4) is 0 Å². The Bertz CT molecular complexity index is 1910. The first-order valence-electron chi connectivity index (χ1n) is 15.3. The van der Waals surface area contributed by atoms with Gasteiger partial charge in [0, 0.05) is 64.6 Å². The normalized spacial score (nSPS) is 20.2. The minimum atomic E-state index is -4.48. The van der Waals surface area contributed by atoms with Crippen LogP contribution < -0.4 is 9.80 Å². The lowest BCUT2D eigenvalue weighted by molar-refractivity contribution is -0.185. The second kappa shape index (κ2) is 17.7. The molecule has 2 aromatic heterocycles. The lowest BCUT2D eigenvalue weighted by Crippen LogP contribution is -2.45. The van der Waals surface area contributed by atoms with Gasteiger partial charge in [0.2, 0.25) is 0 Å². The van der Waals surface area contributed by atoms with Gasteiger partial charge < -0.3 is 9.80 Å². The van der Waals surface area contributed by atoms with Crippen LogP contribution in [0.4, 0.5) is 38.0 Å². The van der Waals surface area contributed by atoms with Gasteiger partial charge in [-0.15, -0.1) is 0 Å². The van der Waals surface area contributed by atoms with E-state index in [-0.39, 0.29) is 80.3 Å². The minimum Gasteiger partial charge on any atom is -0.355 e. The van der Waals surface area contributed by atoms with Gasteiger partial charge >= 0.3 is 12.4 Å². The van der Waals surface area contributed by atoms with E-state index in [9.17, 15) is 26.3 Å². The fraction of sp³-hybridized carbons (Fsp3) is 0.353. The first-order valence-corrected chi connectivity index (χ1v) is 22.1. The molecule has 0 saturated carbocycles. The summed E-state index contributed by atoms with van der Waals surface area (Å²) in [5.74, 6) is 1.03. The second-order valence-electron chi connectivity index (χ2n) is 12.4. The van der Waals surface area contributed by atoms with Crippen molar-refractivity contribution in [2.24, 2.45) is 0 Å². The van der Waals surface area contributed by atoms with Crippen molar-refractivity contribution >= 4 is 125 Å². The predicted molar refractivity (Wildman–Crippen MR) is 216 cm³/mol. The van der Waals surface area contributed by atoms with Gasteiger partial charge in [-0.25, -0.2) is 9.97 Å². The SMILES string of the molecule is BrBr.Cc1cccc(N2CCC(c3cc(Cl)c(Cl)c(Cl)c3)(C(F)(F)F)C2)n1.Cc1nc(N2CCC(c3cc(Cl)c(Cl)c(Cl)c3)(C(F)(F)F)C2)ccc1Br. The molecule has 6 rings (SSSR count). The summed E-state index contributed by atoms with van der Waals surface area (Å²) in [5.41, 5.74) is -2.66. The summed E-state index contributed by atoms with van der Waals surface area (Å²) in [6.45, 7) is 3.52. The van der Waals surface area contributed by atoms with Crippen molar-refractivity contribution in [3.05, 3.63) is 112 Å². The van der Waals surface area contributed by atoms with E-state index in [4.69, 9.17) is 69.6 Å². The third-order valence-corrected chi connectivity index (χ3v) is 12.5. The minimum absolute atomic E-state index is 0.00820. The molecule has 2 fully saturated rings. The summed E-state index contributed by atoms with van der Waals surface area (Å²) in [7, 11) is 0. The summed E-state index contributed by atoms with van der Waals surface area (Å²) in [6.07, 6.45) is -9.18. The molecule has 0 amide bonds. The van der Waals surface area contributed by atoms with Crippen molar-refractivity contribution in [1.29, 1.82) is 0 Å². The number of hydrogen-bond acceptors (Lipinski definition) is 4. The van der Waals surface area contributed by atoms with Crippen LogP contribution in [0.25, 0.3) is 0 Å². The zero-order chi connectivity index (χ0) is 39.7. The van der Waals surface area contributed by atoms with Gasteiger partial charge in [-0.2, -0.15) is 26.3 Å². The molecular weight excluding hydrogens is 1030 g/mol. The van der Waals surface area contributed by atoms with Crippen molar-refractivity contribution in [1.82, 2.24) is 9.97 Å². The maximum absolute atomic E-state index is 14.1. The molecule has 4 heterocycles. The number of alkyl halides is 6. The van der Waals surface area contributed by atoms with Crippen LogP contribution in [0.15, 0.2) is 59.1 Å². The maximum Gasteiger partial charge on any atom is 0.400 e. The van der Waals surface area contributed by atoms with E-state index in [1.807, 2.05) is 0 Å².